The summed E-state index contributed by atoms with van der Waals surface area (Å²) >= 11 is 1.55. The van der Waals surface area contributed by atoms with Crippen molar-refractivity contribution >= 4 is 34.3 Å². The van der Waals surface area contributed by atoms with Gasteiger partial charge in [-0.25, -0.2) is 0 Å². The van der Waals surface area contributed by atoms with Gasteiger partial charge in [0.2, 0.25) is 5.91 Å². The molecule has 0 saturated carbocycles. The van der Waals surface area contributed by atoms with Crippen LogP contribution in [-0.4, -0.2) is 76.7 Å². The maximum absolute atomic E-state index is 12.5. The first-order valence-electron chi connectivity index (χ1n) is 11.8. The van der Waals surface area contributed by atoms with Gasteiger partial charge in [0.15, 0.2) is 0 Å². The topological polar surface area (TPSA) is 107 Å². The van der Waals surface area contributed by atoms with E-state index in [1.807, 2.05) is 48.5 Å². The number of nitrogens with zero attached hydrogens (tertiary/aromatic N) is 2. The molecule has 2 aliphatic rings. The Balaban J connectivity index is 1.16. The van der Waals surface area contributed by atoms with E-state index in [1.54, 1.807) is 25.1 Å². The molecular weight excluding hydrogens is 464 g/mol. The number of likely N-dealkylation sites (tertiary alicyclic amines) is 1. The van der Waals surface area contributed by atoms with Crippen LogP contribution in [0.3, 0.4) is 0 Å². The van der Waals surface area contributed by atoms with Crippen molar-refractivity contribution in [3.05, 3.63) is 60.3 Å². The number of aromatic nitrogens is 1. The highest BCUT2D eigenvalue weighted by Crippen LogP contribution is 2.35. The molecule has 1 fully saturated rings. The first-order valence-corrected chi connectivity index (χ1v) is 12.7. The average Bonchev–Trinajstić information content (AvgIpc) is 2.87. The lowest BCUT2D eigenvalue weighted by molar-refractivity contribution is -0.115. The van der Waals surface area contributed by atoms with Crippen LogP contribution in [0.4, 0.5) is 5.69 Å². The summed E-state index contributed by atoms with van der Waals surface area (Å²) in [5.41, 5.74) is 2.45. The molecule has 1 amide bonds. The molecule has 4 atom stereocenters. The Morgan fingerprint density at radius 1 is 1.29 bits per heavy atom. The van der Waals surface area contributed by atoms with E-state index in [0.717, 1.165) is 45.8 Å². The summed E-state index contributed by atoms with van der Waals surface area (Å²) in [6, 6.07) is 15.2. The zero-order valence-electron chi connectivity index (χ0n) is 19.6. The molecule has 0 bridgehead atoms. The van der Waals surface area contributed by atoms with Crippen LogP contribution in [0, 0.1) is 0 Å². The minimum absolute atomic E-state index is 0.0162. The summed E-state index contributed by atoms with van der Waals surface area (Å²) < 4.78 is 5.34. The third-order valence-electron chi connectivity index (χ3n) is 6.71. The number of ether oxygens (including phenoxy) is 1. The second-order valence-electron chi connectivity index (χ2n) is 9.02. The van der Waals surface area contributed by atoms with Crippen molar-refractivity contribution in [2.75, 3.05) is 38.6 Å². The molecule has 0 radical (unpaired) electrons. The lowest BCUT2D eigenvalue weighted by atomic mass is 9.99. The van der Waals surface area contributed by atoms with Gasteiger partial charge in [0.05, 0.1) is 30.5 Å². The Hall–Kier alpha value is -2.69. The Morgan fingerprint density at radius 2 is 2.14 bits per heavy atom. The van der Waals surface area contributed by atoms with E-state index in [1.165, 1.54) is 0 Å². The Morgan fingerprint density at radius 3 is 2.97 bits per heavy atom. The van der Waals surface area contributed by atoms with Crippen LogP contribution in [0.15, 0.2) is 59.6 Å². The molecule has 1 aromatic heterocycles. The summed E-state index contributed by atoms with van der Waals surface area (Å²) in [7, 11) is 1.62. The summed E-state index contributed by atoms with van der Waals surface area (Å²) in [6.07, 6.45) is 1.13. The molecule has 35 heavy (non-hydrogen) atoms. The van der Waals surface area contributed by atoms with Gasteiger partial charge in [-0.2, -0.15) is 0 Å². The fourth-order valence-corrected chi connectivity index (χ4v) is 5.85. The number of piperidine rings is 1. The van der Waals surface area contributed by atoms with Crippen molar-refractivity contribution in [3.63, 3.8) is 0 Å². The summed E-state index contributed by atoms with van der Waals surface area (Å²) in [4.78, 5) is 20.0. The highest BCUT2D eigenvalue weighted by molar-refractivity contribution is 8.01. The zero-order valence-corrected chi connectivity index (χ0v) is 20.4. The molecule has 5 rings (SSSR count). The van der Waals surface area contributed by atoms with Gasteiger partial charge < -0.3 is 25.6 Å². The van der Waals surface area contributed by atoms with E-state index in [2.05, 4.69) is 20.5 Å². The van der Waals surface area contributed by atoms with E-state index in [0.29, 0.717) is 19.6 Å². The Kier molecular flexibility index (Phi) is 7.22. The molecule has 1 saturated heterocycles. The van der Waals surface area contributed by atoms with Gasteiger partial charge in [-0.3, -0.25) is 14.7 Å². The minimum Gasteiger partial charge on any atom is -0.497 e. The standard InChI is InChI=1S/C26H30N4O4S/c1-34-16-6-7-19-18(12-16)17(8-10-27-19)22(31)14-30-11-9-20(23(32)15-30)28-13-25-26(33)29-21-4-2-3-5-24(21)35-25/h2-8,10,12,20,22-23,25,28,31-32H,9,11,13-15H2,1H3,(H,29,33)/t20-,22-,23-,25?/m0/s1. The maximum Gasteiger partial charge on any atom is 0.239 e. The number of hydrogen-bond donors (Lipinski definition) is 4. The van der Waals surface area contributed by atoms with Crippen molar-refractivity contribution in [3.8, 4) is 5.75 Å². The Bertz CT molecular complexity index is 1210. The number of carbonyl (C=O) groups is 1. The van der Waals surface area contributed by atoms with Crippen molar-refractivity contribution in [1.29, 1.82) is 0 Å². The molecule has 1 unspecified atom stereocenters. The van der Waals surface area contributed by atoms with Gasteiger partial charge in [-0.05, 0) is 54.9 Å². The summed E-state index contributed by atoms with van der Waals surface area (Å²) in [5.74, 6) is 0.701. The van der Waals surface area contributed by atoms with Crippen LogP contribution < -0.4 is 15.4 Å². The van der Waals surface area contributed by atoms with Gasteiger partial charge in [-0.1, -0.05) is 12.1 Å². The van der Waals surface area contributed by atoms with Crippen LogP contribution in [-0.2, 0) is 4.79 Å². The number of benzene rings is 2. The minimum atomic E-state index is -0.716. The van der Waals surface area contributed by atoms with Crippen LogP contribution in [0.2, 0.25) is 0 Å². The number of nitrogens with one attached hydrogen (secondary N) is 2. The van der Waals surface area contributed by atoms with E-state index in [4.69, 9.17) is 4.74 Å². The van der Waals surface area contributed by atoms with Crippen molar-refractivity contribution in [2.45, 2.75) is 34.8 Å². The number of amides is 1. The molecule has 2 aliphatic heterocycles. The van der Waals surface area contributed by atoms with E-state index < -0.39 is 12.2 Å². The molecule has 9 heteroatoms. The van der Waals surface area contributed by atoms with Crippen LogP contribution in [0.5, 0.6) is 5.75 Å². The van der Waals surface area contributed by atoms with Crippen LogP contribution in [0.25, 0.3) is 10.9 Å². The first-order chi connectivity index (χ1) is 17.0. The van der Waals surface area contributed by atoms with Crippen molar-refractivity contribution in [2.24, 2.45) is 0 Å². The quantitative estimate of drug-likeness (QED) is 0.397. The molecule has 3 heterocycles. The molecular formula is C26H30N4O4S. The number of aliphatic hydroxyl groups excluding tert-OH is 2. The van der Waals surface area contributed by atoms with Crippen LogP contribution >= 0.6 is 11.8 Å². The normalized spacial score (nSPS) is 23.5. The van der Waals surface area contributed by atoms with Gasteiger partial charge in [0.1, 0.15) is 11.0 Å². The summed E-state index contributed by atoms with van der Waals surface area (Å²) in [5, 5.41) is 28.8. The predicted molar refractivity (Wildman–Crippen MR) is 137 cm³/mol. The van der Waals surface area contributed by atoms with Crippen molar-refractivity contribution < 1.29 is 19.7 Å². The van der Waals surface area contributed by atoms with Crippen molar-refractivity contribution in [1.82, 2.24) is 15.2 Å². The fraction of sp³-hybridized carbons (Fsp3) is 0.385. The lowest BCUT2D eigenvalue weighted by Gasteiger charge is -2.38. The number of aliphatic hydroxyl groups is 2. The highest BCUT2D eigenvalue weighted by Gasteiger charge is 2.32. The van der Waals surface area contributed by atoms with Gasteiger partial charge >= 0.3 is 0 Å². The van der Waals surface area contributed by atoms with E-state index in [-0.39, 0.29) is 17.2 Å². The highest BCUT2D eigenvalue weighted by atomic mass is 32.2. The number of para-hydroxylation sites is 1. The number of thioether (sulfide) groups is 1. The molecule has 4 N–H and O–H groups in total. The first kappa shape index (κ1) is 24.0. The lowest BCUT2D eigenvalue weighted by Crippen LogP contribution is -2.55. The second-order valence-corrected chi connectivity index (χ2v) is 10.3. The van der Waals surface area contributed by atoms with Gasteiger partial charge in [0, 0.05) is 42.2 Å². The van der Waals surface area contributed by atoms with E-state index >= 15 is 0 Å². The average molecular weight is 495 g/mol. The van der Waals surface area contributed by atoms with E-state index in [9.17, 15) is 15.0 Å². The second kappa shape index (κ2) is 10.5. The molecule has 3 aromatic rings. The molecule has 184 valence electrons. The number of hydrogen-bond acceptors (Lipinski definition) is 8. The van der Waals surface area contributed by atoms with Crippen LogP contribution in [0.1, 0.15) is 18.1 Å². The SMILES string of the molecule is COc1ccc2nccc([C@@H](O)CN3CC[C@H](NCC4Sc5ccccc5NC4=O)[C@@H](O)C3)c2c1. The zero-order chi connectivity index (χ0) is 24.4. The number of fused-ring (bicyclic) bond motifs is 2. The number of β-amino-alcohol motifs (C(OH)–C–C–N with tert-alkyl or cyclic N) is 2. The molecule has 0 spiro atoms. The third-order valence-corrected chi connectivity index (χ3v) is 7.99. The third kappa shape index (κ3) is 5.29. The molecule has 2 aromatic carbocycles. The fourth-order valence-electron chi connectivity index (χ4n) is 4.79. The number of pyridine rings is 1. The predicted octanol–water partition coefficient (Wildman–Crippen LogP) is 2.41. The molecule has 0 aliphatic carbocycles. The Labute approximate surface area is 208 Å². The number of carbonyl (C=O) groups excluding carboxylic acids is 1. The maximum atomic E-state index is 12.5. The summed E-state index contributed by atoms with van der Waals surface area (Å²) in [6.45, 7) is 2.09. The van der Waals surface area contributed by atoms with Gasteiger partial charge in [0.25, 0.3) is 0 Å². The number of anilines is 1. The number of methoxy groups -OCH3 is 1. The largest absolute Gasteiger partial charge is 0.497 e. The smallest absolute Gasteiger partial charge is 0.239 e. The number of rotatable bonds is 7. The van der Waals surface area contributed by atoms with Gasteiger partial charge in [-0.15, -0.1) is 11.8 Å². The monoisotopic (exact) mass is 494 g/mol. The molecule has 8 nitrogen and oxygen atoms in total.